The predicted molar refractivity (Wildman–Crippen MR) is 82.7 cm³/mol. The standard InChI is InChI=1S/C18H21NO2/c20-17(14-7-3-1-4-8-14)16-13-19-12-11-18(16,21)15-9-5-2-6-10-15/h1-10,16-17,19-21H,11-13H2/t16-,17?,18+/m1/s1. The zero-order chi connectivity index (χ0) is 14.7. The fourth-order valence-electron chi connectivity index (χ4n) is 3.23. The average Bonchev–Trinajstić information content (AvgIpc) is 2.56. The van der Waals surface area contributed by atoms with Gasteiger partial charge in [0, 0.05) is 12.5 Å². The highest BCUT2D eigenvalue weighted by Crippen LogP contribution is 2.41. The van der Waals surface area contributed by atoms with Gasteiger partial charge in [-0.25, -0.2) is 0 Å². The fraction of sp³-hybridized carbons (Fsp3) is 0.333. The van der Waals surface area contributed by atoms with E-state index in [1.54, 1.807) is 0 Å². The topological polar surface area (TPSA) is 52.5 Å². The van der Waals surface area contributed by atoms with E-state index in [2.05, 4.69) is 5.32 Å². The van der Waals surface area contributed by atoms with Crippen molar-refractivity contribution in [3.8, 4) is 0 Å². The number of rotatable bonds is 3. The summed E-state index contributed by atoms with van der Waals surface area (Å²) in [4.78, 5) is 0. The average molecular weight is 283 g/mol. The molecule has 0 aliphatic carbocycles. The van der Waals surface area contributed by atoms with Crippen LogP contribution in [0.2, 0.25) is 0 Å². The van der Waals surface area contributed by atoms with Crippen LogP contribution < -0.4 is 5.32 Å². The Bertz CT molecular complexity index is 572. The van der Waals surface area contributed by atoms with Gasteiger partial charge in [0.05, 0.1) is 11.7 Å². The van der Waals surface area contributed by atoms with Crippen molar-refractivity contribution in [2.45, 2.75) is 18.1 Å². The molecule has 0 radical (unpaired) electrons. The highest BCUT2D eigenvalue weighted by Gasteiger charge is 2.44. The van der Waals surface area contributed by atoms with Crippen LogP contribution in [0.15, 0.2) is 60.7 Å². The van der Waals surface area contributed by atoms with Crippen molar-refractivity contribution >= 4 is 0 Å². The Kier molecular flexibility index (Phi) is 4.06. The largest absolute Gasteiger partial charge is 0.388 e. The van der Waals surface area contributed by atoms with Crippen LogP contribution in [0.1, 0.15) is 23.7 Å². The summed E-state index contributed by atoms with van der Waals surface area (Å²) in [6.07, 6.45) is -0.0878. The number of nitrogens with one attached hydrogen (secondary N) is 1. The van der Waals surface area contributed by atoms with Crippen LogP contribution in [0.5, 0.6) is 0 Å². The molecule has 110 valence electrons. The van der Waals surface area contributed by atoms with E-state index < -0.39 is 11.7 Å². The molecule has 1 aliphatic heterocycles. The maximum absolute atomic E-state index is 11.2. The second-order valence-electron chi connectivity index (χ2n) is 5.71. The number of benzene rings is 2. The van der Waals surface area contributed by atoms with Crippen LogP contribution in [0.4, 0.5) is 0 Å². The first-order chi connectivity index (χ1) is 10.2. The smallest absolute Gasteiger partial charge is 0.0976 e. The van der Waals surface area contributed by atoms with Crippen molar-refractivity contribution in [2.75, 3.05) is 13.1 Å². The van der Waals surface area contributed by atoms with Gasteiger partial charge < -0.3 is 15.5 Å². The molecule has 0 amide bonds. The SMILES string of the molecule is OC(c1ccccc1)[C@H]1CNCC[C@]1(O)c1ccccc1. The van der Waals surface area contributed by atoms with Gasteiger partial charge in [0.15, 0.2) is 0 Å². The molecular formula is C18H21NO2. The van der Waals surface area contributed by atoms with Gasteiger partial charge in [-0.1, -0.05) is 60.7 Å². The van der Waals surface area contributed by atoms with Crippen LogP contribution >= 0.6 is 0 Å². The first-order valence-corrected chi connectivity index (χ1v) is 7.43. The minimum atomic E-state index is -0.998. The molecule has 3 N–H and O–H groups in total. The number of hydrogen-bond donors (Lipinski definition) is 3. The minimum absolute atomic E-state index is 0.268. The molecule has 1 saturated heterocycles. The molecule has 3 nitrogen and oxygen atoms in total. The Hall–Kier alpha value is -1.68. The van der Waals surface area contributed by atoms with Gasteiger partial charge in [0.2, 0.25) is 0 Å². The summed E-state index contributed by atoms with van der Waals surface area (Å²) in [5.74, 6) is -0.268. The second kappa shape index (κ2) is 5.98. The van der Waals surface area contributed by atoms with Crippen LogP contribution in [-0.4, -0.2) is 23.3 Å². The molecule has 3 heteroatoms. The van der Waals surface area contributed by atoms with E-state index in [-0.39, 0.29) is 5.92 Å². The van der Waals surface area contributed by atoms with E-state index in [0.29, 0.717) is 13.0 Å². The number of piperidine rings is 1. The third kappa shape index (κ3) is 2.72. The first kappa shape index (κ1) is 14.3. The lowest BCUT2D eigenvalue weighted by molar-refractivity contribution is -0.0961. The van der Waals surface area contributed by atoms with Gasteiger partial charge in [-0.15, -0.1) is 0 Å². The van der Waals surface area contributed by atoms with Gasteiger partial charge >= 0.3 is 0 Å². The Morgan fingerprint density at radius 3 is 2.29 bits per heavy atom. The number of aliphatic hydroxyl groups excluding tert-OH is 1. The van der Waals surface area contributed by atoms with E-state index in [1.165, 1.54) is 0 Å². The van der Waals surface area contributed by atoms with E-state index in [4.69, 9.17) is 0 Å². The molecule has 0 saturated carbocycles. The molecule has 1 unspecified atom stereocenters. The van der Waals surface area contributed by atoms with Gasteiger partial charge in [-0.3, -0.25) is 0 Å². The third-order valence-corrected chi connectivity index (χ3v) is 4.46. The summed E-state index contributed by atoms with van der Waals surface area (Å²) in [5.41, 5.74) is 0.730. The highest BCUT2D eigenvalue weighted by molar-refractivity contribution is 5.27. The van der Waals surface area contributed by atoms with Gasteiger partial charge in [-0.05, 0) is 24.1 Å². The molecule has 21 heavy (non-hydrogen) atoms. The molecule has 1 aliphatic rings. The van der Waals surface area contributed by atoms with Gasteiger partial charge in [0.1, 0.15) is 0 Å². The van der Waals surface area contributed by atoms with Crippen LogP contribution in [-0.2, 0) is 5.60 Å². The Morgan fingerprint density at radius 2 is 1.62 bits per heavy atom. The summed E-state index contributed by atoms with van der Waals surface area (Å²) in [6, 6.07) is 19.3. The van der Waals surface area contributed by atoms with Gasteiger partial charge in [-0.2, -0.15) is 0 Å². The molecule has 2 aromatic rings. The normalized spacial score (nSPS) is 27.2. The molecule has 1 heterocycles. The molecule has 3 atom stereocenters. The minimum Gasteiger partial charge on any atom is -0.388 e. The Morgan fingerprint density at radius 1 is 1.00 bits per heavy atom. The van der Waals surface area contributed by atoms with Crippen LogP contribution in [0.3, 0.4) is 0 Å². The zero-order valence-electron chi connectivity index (χ0n) is 11.9. The molecule has 3 rings (SSSR count). The maximum atomic E-state index is 11.2. The van der Waals surface area contributed by atoms with Crippen molar-refractivity contribution in [1.29, 1.82) is 0 Å². The lowest BCUT2D eigenvalue weighted by Gasteiger charge is -2.43. The van der Waals surface area contributed by atoms with Crippen molar-refractivity contribution in [1.82, 2.24) is 5.32 Å². The Labute approximate surface area is 125 Å². The quantitative estimate of drug-likeness (QED) is 0.809. The van der Waals surface area contributed by atoms with Crippen molar-refractivity contribution in [3.63, 3.8) is 0 Å². The van der Waals surface area contributed by atoms with Crippen molar-refractivity contribution in [3.05, 3.63) is 71.8 Å². The summed E-state index contributed by atoms with van der Waals surface area (Å²) < 4.78 is 0. The lowest BCUT2D eigenvalue weighted by atomic mass is 9.72. The lowest BCUT2D eigenvalue weighted by Crippen LogP contribution is -2.50. The summed E-state index contributed by atoms with van der Waals surface area (Å²) >= 11 is 0. The van der Waals surface area contributed by atoms with E-state index in [0.717, 1.165) is 17.7 Å². The zero-order valence-corrected chi connectivity index (χ0v) is 11.9. The highest BCUT2D eigenvalue weighted by atomic mass is 16.3. The van der Waals surface area contributed by atoms with Gasteiger partial charge in [0.25, 0.3) is 0 Å². The fourth-order valence-corrected chi connectivity index (χ4v) is 3.23. The monoisotopic (exact) mass is 283 g/mol. The molecule has 0 aromatic heterocycles. The summed E-state index contributed by atoms with van der Waals surface area (Å²) in [7, 11) is 0. The molecule has 0 spiro atoms. The molecule has 2 aromatic carbocycles. The maximum Gasteiger partial charge on any atom is 0.0976 e. The van der Waals surface area contributed by atoms with Crippen molar-refractivity contribution < 1.29 is 10.2 Å². The second-order valence-corrected chi connectivity index (χ2v) is 5.71. The van der Waals surface area contributed by atoms with Crippen LogP contribution in [0.25, 0.3) is 0 Å². The first-order valence-electron chi connectivity index (χ1n) is 7.43. The van der Waals surface area contributed by atoms with Crippen molar-refractivity contribution in [2.24, 2.45) is 5.92 Å². The molecule has 0 bridgehead atoms. The number of hydrogen-bond acceptors (Lipinski definition) is 3. The van der Waals surface area contributed by atoms with E-state index >= 15 is 0 Å². The number of aliphatic hydroxyl groups is 2. The Balaban J connectivity index is 1.95. The summed E-state index contributed by atoms with van der Waals surface area (Å²) in [6.45, 7) is 1.35. The molecule has 1 fully saturated rings. The van der Waals surface area contributed by atoms with E-state index in [9.17, 15) is 10.2 Å². The van der Waals surface area contributed by atoms with Crippen LogP contribution in [0, 0.1) is 5.92 Å². The predicted octanol–water partition coefficient (Wildman–Crippen LogP) is 2.22. The summed E-state index contributed by atoms with van der Waals surface area (Å²) in [5, 5.41) is 25.3. The molecular weight excluding hydrogens is 262 g/mol. The third-order valence-electron chi connectivity index (χ3n) is 4.46. The van der Waals surface area contributed by atoms with E-state index in [1.807, 2.05) is 60.7 Å².